The Labute approximate surface area is 150 Å². The molecule has 1 saturated heterocycles. The van der Waals surface area contributed by atoms with Crippen molar-refractivity contribution < 1.29 is 4.74 Å². The van der Waals surface area contributed by atoms with E-state index in [0.717, 1.165) is 41.1 Å². The van der Waals surface area contributed by atoms with E-state index in [1.165, 1.54) is 11.3 Å². The third-order valence-electron chi connectivity index (χ3n) is 4.44. The van der Waals surface area contributed by atoms with Crippen LogP contribution in [0, 0.1) is 11.3 Å². The van der Waals surface area contributed by atoms with Crippen molar-refractivity contribution in [2.45, 2.75) is 25.4 Å². The summed E-state index contributed by atoms with van der Waals surface area (Å²) in [6.07, 6.45) is 7.26. The first-order chi connectivity index (χ1) is 12.3. The van der Waals surface area contributed by atoms with Gasteiger partial charge in [0.05, 0.1) is 11.8 Å². The molecule has 5 nitrogen and oxygen atoms in total. The molecule has 4 rings (SSSR count). The average Bonchev–Trinajstić information content (AvgIpc) is 3.34. The van der Waals surface area contributed by atoms with Crippen LogP contribution in [0.4, 0.5) is 5.82 Å². The fourth-order valence-corrected chi connectivity index (χ4v) is 4.26. The van der Waals surface area contributed by atoms with Crippen LogP contribution in [0.2, 0.25) is 0 Å². The molecule has 3 N–H and O–H groups in total. The van der Waals surface area contributed by atoms with Gasteiger partial charge in [-0.2, -0.15) is 5.26 Å². The molecule has 1 aliphatic rings. The molecule has 0 spiro atoms. The lowest BCUT2D eigenvalue weighted by atomic mass is 10.0. The number of hydrogen-bond donors (Lipinski definition) is 2. The zero-order valence-corrected chi connectivity index (χ0v) is 14.5. The van der Waals surface area contributed by atoms with E-state index in [-0.39, 0.29) is 11.9 Å². The zero-order valence-electron chi connectivity index (χ0n) is 13.7. The number of aromatic amines is 1. The molecule has 1 fully saturated rings. The first kappa shape index (κ1) is 15.9. The lowest BCUT2D eigenvalue weighted by molar-refractivity contribution is 0.0172. The highest BCUT2D eigenvalue weighted by Gasteiger charge is 2.20. The van der Waals surface area contributed by atoms with Gasteiger partial charge in [-0.15, -0.1) is 11.3 Å². The number of nitriles is 1. The molecular weight excluding hydrogens is 332 g/mol. The van der Waals surface area contributed by atoms with Gasteiger partial charge in [0, 0.05) is 39.9 Å². The van der Waals surface area contributed by atoms with Crippen molar-refractivity contribution in [3.05, 3.63) is 47.1 Å². The minimum atomic E-state index is 0.168. The van der Waals surface area contributed by atoms with Crippen LogP contribution in [0.5, 0.6) is 0 Å². The minimum Gasteiger partial charge on any atom is -0.383 e. The molecule has 3 aromatic heterocycles. The molecule has 1 aliphatic heterocycles. The normalized spacial score (nSPS) is 17.3. The van der Waals surface area contributed by atoms with E-state index in [4.69, 9.17) is 10.5 Å². The van der Waals surface area contributed by atoms with Gasteiger partial charge >= 0.3 is 0 Å². The van der Waals surface area contributed by atoms with Crippen molar-refractivity contribution in [3.8, 4) is 27.8 Å². The molecular formula is C19H18N4OS. The first-order valence-electron chi connectivity index (χ1n) is 8.32. The Kier molecular flexibility index (Phi) is 4.26. The SMILES string of the molecule is N#Cc1c(-c2ccc([C@@H]3CCCCO3)s2)cc(-c2cc[nH]c2)nc1N. The van der Waals surface area contributed by atoms with Crippen molar-refractivity contribution in [1.29, 1.82) is 5.26 Å². The smallest absolute Gasteiger partial charge is 0.142 e. The van der Waals surface area contributed by atoms with Crippen molar-refractivity contribution in [1.82, 2.24) is 9.97 Å². The standard InChI is InChI=1S/C19H18N4OS/c20-10-14-13(9-15(23-19(14)21)12-6-7-22-11-12)17-4-5-18(25-17)16-3-1-2-8-24-16/h4-7,9,11,16,22H,1-3,8H2,(H2,21,23)/t16-/m0/s1. The number of nitrogens with two attached hydrogens (primary N) is 1. The fourth-order valence-electron chi connectivity index (χ4n) is 3.14. The second-order valence-corrected chi connectivity index (χ2v) is 7.20. The number of H-pyrrole nitrogens is 1. The number of thiophene rings is 1. The summed E-state index contributed by atoms with van der Waals surface area (Å²) in [5.41, 5.74) is 9.03. The largest absolute Gasteiger partial charge is 0.383 e. The summed E-state index contributed by atoms with van der Waals surface area (Å²) in [7, 11) is 0. The maximum atomic E-state index is 9.54. The van der Waals surface area contributed by atoms with Crippen LogP contribution < -0.4 is 5.73 Å². The molecule has 6 heteroatoms. The van der Waals surface area contributed by atoms with E-state index in [1.54, 1.807) is 11.3 Å². The van der Waals surface area contributed by atoms with E-state index >= 15 is 0 Å². The molecule has 4 heterocycles. The van der Waals surface area contributed by atoms with E-state index < -0.39 is 0 Å². The van der Waals surface area contributed by atoms with Crippen LogP contribution in [0.25, 0.3) is 21.7 Å². The number of rotatable bonds is 3. The zero-order chi connectivity index (χ0) is 17.2. The van der Waals surface area contributed by atoms with Gasteiger partial charge < -0.3 is 15.5 Å². The van der Waals surface area contributed by atoms with Crippen LogP contribution in [0.1, 0.15) is 35.8 Å². The maximum Gasteiger partial charge on any atom is 0.142 e. The van der Waals surface area contributed by atoms with Gasteiger partial charge in [-0.3, -0.25) is 0 Å². The molecule has 126 valence electrons. The van der Waals surface area contributed by atoms with Crippen molar-refractivity contribution in [2.75, 3.05) is 12.3 Å². The second-order valence-electron chi connectivity index (χ2n) is 6.08. The molecule has 0 amide bonds. The second kappa shape index (κ2) is 6.71. The van der Waals surface area contributed by atoms with Crippen molar-refractivity contribution >= 4 is 17.2 Å². The number of nitrogens with one attached hydrogen (secondary N) is 1. The number of hydrogen-bond acceptors (Lipinski definition) is 5. The van der Waals surface area contributed by atoms with Gasteiger partial charge in [-0.05, 0) is 43.5 Å². The molecule has 0 radical (unpaired) electrons. The van der Waals surface area contributed by atoms with Crippen LogP contribution in [0.3, 0.4) is 0 Å². The van der Waals surface area contributed by atoms with E-state index in [1.807, 2.05) is 24.5 Å². The summed E-state index contributed by atoms with van der Waals surface area (Å²) < 4.78 is 5.88. The van der Waals surface area contributed by atoms with Crippen LogP contribution in [0.15, 0.2) is 36.7 Å². The number of anilines is 1. The summed E-state index contributed by atoms with van der Waals surface area (Å²) in [6, 6.07) is 10.2. The average molecular weight is 350 g/mol. The van der Waals surface area contributed by atoms with Gasteiger partial charge in [0.2, 0.25) is 0 Å². The molecule has 0 bridgehead atoms. The van der Waals surface area contributed by atoms with E-state index in [0.29, 0.717) is 5.56 Å². The fraction of sp³-hybridized carbons (Fsp3) is 0.263. The summed E-state index contributed by atoms with van der Waals surface area (Å²) >= 11 is 1.67. The number of ether oxygens (including phenoxy) is 1. The van der Waals surface area contributed by atoms with Gasteiger partial charge in [0.1, 0.15) is 17.5 Å². The first-order valence-corrected chi connectivity index (χ1v) is 9.13. The molecule has 3 aromatic rings. The molecule has 0 saturated carbocycles. The highest BCUT2D eigenvalue weighted by Crippen LogP contribution is 2.39. The minimum absolute atomic E-state index is 0.168. The number of pyridine rings is 1. The molecule has 0 aromatic carbocycles. The Morgan fingerprint density at radius 1 is 1.32 bits per heavy atom. The summed E-state index contributed by atoms with van der Waals surface area (Å²) in [5, 5.41) is 9.54. The Balaban J connectivity index is 1.76. The Hall–Kier alpha value is -2.62. The van der Waals surface area contributed by atoms with Gasteiger partial charge in [0.25, 0.3) is 0 Å². The Morgan fingerprint density at radius 3 is 2.96 bits per heavy atom. The number of aromatic nitrogens is 2. The molecule has 1 atom stereocenters. The Morgan fingerprint density at radius 2 is 2.24 bits per heavy atom. The maximum absolute atomic E-state index is 9.54. The quantitative estimate of drug-likeness (QED) is 0.728. The van der Waals surface area contributed by atoms with E-state index in [9.17, 15) is 5.26 Å². The van der Waals surface area contributed by atoms with Gasteiger partial charge in [-0.1, -0.05) is 0 Å². The summed E-state index contributed by atoms with van der Waals surface area (Å²) in [4.78, 5) is 9.63. The predicted octanol–water partition coefficient (Wildman–Crippen LogP) is 4.50. The monoisotopic (exact) mass is 350 g/mol. The lowest BCUT2D eigenvalue weighted by Crippen LogP contribution is -2.09. The number of nitrogens with zero attached hydrogens (tertiary/aromatic N) is 2. The third-order valence-corrected chi connectivity index (χ3v) is 5.65. The predicted molar refractivity (Wildman–Crippen MR) is 99.0 cm³/mol. The number of nitrogen functional groups attached to an aromatic ring is 1. The summed E-state index contributed by atoms with van der Waals surface area (Å²) in [6.45, 7) is 0.821. The highest BCUT2D eigenvalue weighted by molar-refractivity contribution is 7.15. The topological polar surface area (TPSA) is 87.7 Å². The Bertz CT molecular complexity index is 918. The molecule has 25 heavy (non-hydrogen) atoms. The highest BCUT2D eigenvalue weighted by atomic mass is 32.1. The molecule has 0 aliphatic carbocycles. The van der Waals surface area contributed by atoms with Crippen molar-refractivity contribution in [2.24, 2.45) is 0 Å². The van der Waals surface area contributed by atoms with Gasteiger partial charge in [0.15, 0.2) is 0 Å². The van der Waals surface area contributed by atoms with Crippen molar-refractivity contribution in [3.63, 3.8) is 0 Å². The van der Waals surface area contributed by atoms with Crippen LogP contribution in [-0.2, 0) is 4.74 Å². The van der Waals surface area contributed by atoms with Gasteiger partial charge in [-0.25, -0.2) is 4.98 Å². The van der Waals surface area contributed by atoms with Crippen LogP contribution in [-0.4, -0.2) is 16.6 Å². The molecule has 0 unspecified atom stereocenters. The summed E-state index contributed by atoms with van der Waals surface area (Å²) in [5.74, 6) is 0.264. The third kappa shape index (κ3) is 3.04. The van der Waals surface area contributed by atoms with E-state index in [2.05, 4.69) is 28.2 Å². The van der Waals surface area contributed by atoms with Crippen LogP contribution >= 0.6 is 11.3 Å². The lowest BCUT2D eigenvalue weighted by Gasteiger charge is -2.21.